The number of halogens is 1. The standard InChI is InChI=1S/C13H15FN2O2/c1-4-7-15-13(17)9(2)16-11-6-5-10(14)8-12(11)18-3/h1,5-6,8-9,16H,7H2,2-3H3,(H,15,17). The number of anilines is 1. The van der Waals surface area contributed by atoms with Crippen LogP contribution in [-0.2, 0) is 4.79 Å². The van der Waals surface area contributed by atoms with Crippen LogP contribution >= 0.6 is 0 Å². The summed E-state index contributed by atoms with van der Waals surface area (Å²) < 4.78 is 18.0. The largest absolute Gasteiger partial charge is 0.494 e. The highest BCUT2D eigenvalue weighted by molar-refractivity contribution is 5.84. The summed E-state index contributed by atoms with van der Waals surface area (Å²) in [6.07, 6.45) is 5.05. The molecule has 1 rings (SSSR count). The molecular formula is C13H15FN2O2. The Labute approximate surface area is 106 Å². The third kappa shape index (κ3) is 3.67. The van der Waals surface area contributed by atoms with Crippen molar-refractivity contribution in [1.82, 2.24) is 5.32 Å². The number of benzene rings is 1. The molecule has 18 heavy (non-hydrogen) atoms. The summed E-state index contributed by atoms with van der Waals surface area (Å²) in [5.41, 5.74) is 0.544. The Hall–Kier alpha value is -2.22. The molecule has 1 unspecified atom stereocenters. The molecule has 0 aliphatic heterocycles. The normalized spacial score (nSPS) is 11.2. The fourth-order valence-corrected chi connectivity index (χ4v) is 1.37. The first-order valence-electron chi connectivity index (χ1n) is 5.39. The first-order valence-corrected chi connectivity index (χ1v) is 5.39. The topological polar surface area (TPSA) is 50.4 Å². The summed E-state index contributed by atoms with van der Waals surface area (Å²) in [5.74, 6) is 2.01. The van der Waals surface area contributed by atoms with Gasteiger partial charge in [0.15, 0.2) is 0 Å². The molecule has 0 saturated carbocycles. The van der Waals surface area contributed by atoms with E-state index in [1.165, 1.54) is 25.3 Å². The molecule has 0 radical (unpaired) electrons. The van der Waals surface area contributed by atoms with Gasteiger partial charge in [0.2, 0.25) is 5.91 Å². The predicted octanol–water partition coefficient (Wildman–Crippen LogP) is 1.38. The summed E-state index contributed by atoms with van der Waals surface area (Å²) in [5, 5.41) is 5.47. The van der Waals surface area contributed by atoms with Gasteiger partial charge in [0, 0.05) is 6.07 Å². The second-order valence-corrected chi connectivity index (χ2v) is 3.63. The molecule has 1 atom stereocenters. The number of methoxy groups -OCH3 is 1. The predicted molar refractivity (Wildman–Crippen MR) is 67.9 cm³/mol. The van der Waals surface area contributed by atoms with Crippen molar-refractivity contribution in [1.29, 1.82) is 0 Å². The Balaban J connectivity index is 2.72. The monoisotopic (exact) mass is 250 g/mol. The van der Waals surface area contributed by atoms with Gasteiger partial charge >= 0.3 is 0 Å². The van der Waals surface area contributed by atoms with E-state index < -0.39 is 11.9 Å². The van der Waals surface area contributed by atoms with Crippen molar-refractivity contribution >= 4 is 11.6 Å². The maximum Gasteiger partial charge on any atom is 0.242 e. The zero-order valence-electron chi connectivity index (χ0n) is 10.3. The number of hydrogen-bond acceptors (Lipinski definition) is 3. The Bertz CT molecular complexity index is 469. The average molecular weight is 250 g/mol. The number of carbonyl (C=O) groups excluding carboxylic acids is 1. The molecule has 2 N–H and O–H groups in total. The minimum atomic E-state index is -0.502. The van der Waals surface area contributed by atoms with Crippen molar-refractivity contribution in [3.8, 4) is 18.1 Å². The van der Waals surface area contributed by atoms with E-state index in [1.54, 1.807) is 6.92 Å². The van der Waals surface area contributed by atoms with E-state index in [0.717, 1.165) is 0 Å². The van der Waals surface area contributed by atoms with Crippen molar-refractivity contribution in [2.24, 2.45) is 0 Å². The van der Waals surface area contributed by atoms with E-state index in [1.807, 2.05) is 0 Å². The molecule has 0 saturated heterocycles. The van der Waals surface area contributed by atoms with Gasteiger partial charge in [-0.15, -0.1) is 6.42 Å². The van der Waals surface area contributed by atoms with Crippen LogP contribution in [0.3, 0.4) is 0 Å². The van der Waals surface area contributed by atoms with Crippen molar-refractivity contribution < 1.29 is 13.9 Å². The highest BCUT2D eigenvalue weighted by Gasteiger charge is 2.14. The number of terminal acetylenes is 1. The van der Waals surface area contributed by atoms with Gasteiger partial charge in [-0.25, -0.2) is 4.39 Å². The number of ether oxygens (including phenoxy) is 1. The van der Waals surface area contributed by atoms with E-state index in [9.17, 15) is 9.18 Å². The number of nitrogens with one attached hydrogen (secondary N) is 2. The van der Waals surface area contributed by atoms with Crippen LogP contribution < -0.4 is 15.4 Å². The second kappa shape index (κ2) is 6.50. The molecule has 0 aliphatic carbocycles. The van der Waals surface area contributed by atoms with E-state index >= 15 is 0 Å². The van der Waals surface area contributed by atoms with Gasteiger partial charge in [0.25, 0.3) is 0 Å². The van der Waals surface area contributed by atoms with Crippen LogP contribution in [0.1, 0.15) is 6.92 Å². The molecule has 0 spiro atoms. The first-order chi connectivity index (χ1) is 8.58. The van der Waals surface area contributed by atoms with Crippen molar-refractivity contribution in [2.45, 2.75) is 13.0 Å². The lowest BCUT2D eigenvalue weighted by Crippen LogP contribution is -2.37. The second-order valence-electron chi connectivity index (χ2n) is 3.63. The summed E-state index contributed by atoms with van der Waals surface area (Å²) in [4.78, 5) is 11.6. The number of hydrogen-bond donors (Lipinski definition) is 2. The lowest BCUT2D eigenvalue weighted by Gasteiger charge is -2.16. The van der Waals surface area contributed by atoms with Gasteiger partial charge in [-0.1, -0.05) is 5.92 Å². The molecule has 0 fully saturated rings. The SMILES string of the molecule is C#CCNC(=O)C(C)Nc1ccc(F)cc1OC. The minimum absolute atomic E-state index is 0.172. The molecule has 5 heteroatoms. The summed E-state index contributed by atoms with van der Waals surface area (Å²) in [7, 11) is 1.43. The zero-order valence-corrected chi connectivity index (χ0v) is 10.3. The summed E-state index contributed by atoms with van der Waals surface area (Å²) in [6, 6.07) is 3.54. The van der Waals surface area contributed by atoms with Gasteiger partial charge in [-0.2, -0.15) is 0 Å². The van der Waals surface area contributed by atoms with Gasteiger partial charge in [0.05, 0.1) is 19.3 Å². The van der Waals surface area contributed by atoms with Crippen LogP contribution in [0.4, 0.5) is 10.1 Å². The molecule has 0 bridgehead atoms. The van der Waals surface area contributed by atoms with Crippen molar-refractivity contribution in [2.75, 3.05) is 19.0 Å². The van der Waals surface area contributed by atoms with Crippen LogP contribution in [0, 0.1) is 18.2 Å². The van der Waals surface area contributed by atoms with Crippen LogP contribution in [0.15, 0.2) is 18.2 Å². The highest BCUT2D eigenvalue weighted by Crippen LogP contribution is 2.25. The average Bonchev–Trinajstić information content (AvgIpc) is 2.37. The smallest absolute Gasteiger partial charge is 0.242 e. The quantitative estimate of drug-likeness (QED) is 0.776. The number of amides is 1. The Morgan fingerprint density at radius 1 is 1.61 bits per heavy atom. The third-order valence-corrected chi connectivity index (χ3v) is 2.29. The van der Waals surface area contributed by atoms with Gasteiger partial charge in [0.1, 0.15) is 17.6 Å². The maximum absolute atomic E-state index is 13.0. The van der Waals surface area contributed by atoms with Crippen LogP contribution in [0.5, 0.6) is 5.75 Å². The summed E-state index contributed by atoms with van der Waals surface area (Å²) >= 11 is 0. The van der Waals surface area contributed by atoms with E-state index in [0.29, 0.717) is 11.4 Å². The molecule has 1 aromatic carbocycles. The maximum atomic E-state index is 13.0. The van der Waals surface area contributed by atoms with Crippen molar-refractivity contribution in [3.05, 3.63) is 24.0 Å². The number of rotatable bonds is 5. The molecule has 4 nitrogen and oxygen atoms in total. The highest BCUT2D eigenvalue weighted by atomic mass is 19.1. The third-order valence-electron chi connectivity index (χ3n) is 2.29. The Morgan fingerprint density at radius 2 is 2.33 bits per heavy atom. The van der Waals surface area contributed by atoms with Crippen LogP contribution in [-0.4, -0.2) is 25.6 Å². The van der Waals surface area contributed by atoms with Gasteiger partial charge in [-0.05, 0) is 19.1 Å². The lowest BCUT2D eigenvalue weighted by atomic mass is 10.2. The zero-order chi connectivity index (χ0) is 13.5. The number of carbonyl (C=O) groups is 1. The molecule has 0 heterocycles. The molecule has 1 aromatic rings. The van der Waals surface area contributed by atoms with Crippen molar-refractivity contribution in [3.63, 3.8) is 0 Å². The first kappa shape index (κ1) is 13.8. The Kier molecular flexibility index (Phi) is 5.00. The van der Waals surface area contributed by atoms with E-state index in [2.05, 4.69) is 16.6 Å². The fraction of sp³-hybridized carbons (Fsp3) is 0.308. The molecule has 0 aromatic heterocycles. The minimum Gasteiger partial charge on any atom is -0.494 e. The molecule has 96 valence electrons. The lowest BCUT2D eigenvalue weighted by molar-refractivity contribution is -0.121. The molecule has 0 aliphatic rings. The molecule has 1 amide bonds. The van der Waals surface area contributed by atoms with Gasteiger partial charge < -0.3 is 15.4 Å². The van der Waals surface area contributed by atoms with Gasteiger partial charge in [-0.3, -0.25) is 4.79 Å². The summed E-state index contributed by atoms with van der Waals surface area (Å²) in [6.45, 7) is 1.85. The van der Waals surface area contributed by atoms with Crippen LogP contribution in [0.2, 0.25) is 0 Å². The molecular weight excluding hydrogens is 235 g/mol. The Morgan fingerprint density at radius 3 is 2.94 bits per heavy atom. The van der Waals surface area contributed by atoms with E-state index in [4.69, 9.17) is 11.2 Å². The fourth-order valence-electron chi connectivity index (χ4n) is 1.37. The van der Waals surface area contributed by atoms with E-state index in [-0.39, 0.29) is 12.5 Å². The van der Waals surface area contributed by atoms with Crippen LogP contribution in [0.25, 0.3) is 0 Å².